The highest BCUT2D eigenvalue weighted by Gasteiger charge is 2.15. The summed E-state index contributed by atoms with van der Waals surface area (Å²) in [5.74, 6) is 0.865. The predicted molar refractivity (Wildman–Crippen MR) is 67.8 cm³/mol. The fourth-order valence-electron chi connectivity index (χ4n) is 1.56. The lowest BCUT2D eigenvalue weighted by molar-refractivity contribution is 0.311. The predicted octanol–water partition coefficient (Wildman–Crippen LogP) is 1.56. The molecule has 2 heterocycles. The molecule has 1 aliphatic rings. The van der Waals surface area contributed by atoms with Gasteiger partial charge in [-0.05, 0) is 19.5 Å². The Morgan fingerprint density at radius 1 is 1.00 bits per heavy atom. The molecule has 1 aromatic rings. The third kappa shape index (κ3) is 3.45. The first-order valence-electron chi connectivity index (χ1n) is 5.98. The molecule has 2 rings (SSSR count). The standard InChI is InChI=1S/C10H16N4.C2H6/c1-9-7-11-10(12-8-9)14-5-3-13(2)4-6-14;1-2/h7-8H,3-6H2,1-2H3;1-2H3. The molecule has 4 heteroatoms. The van der Waals surface area contributed by atoms with E-state index in [0.717, 1.165) is 37.7 Å². The zero-order valence-corrected chi connectivity index (χ0v) is 10.8. The average molecular weight is 222 g/mol. The van der Waals surface area contributed by atoms with Gasteiger partial charge in [0, 0.05) is 38.6 Å². The molecule has 0 aromatic carbocycles. The Labute approximate surface area is 98.3 Å². The molecule has 16 heavy (non-hydrogen) atoms. The van der Waals surface area contributed by atoms with Crippen LogP contribution >= 0.6 is 0 Å². The van der Waals surface area contributed by atoms with Crippen LogP contribution < -0.4 is 4.90 Å². The second-order valence-electron chi connectivity index (χ2n) is 3.85. The van der Waals surface area contributed by atoms with Crippen molar-refractivity contribution in [3.63, 3.8) is 0 Å². The van der Waals surface area contributed by atoms with E-state index in [1.54, 1.807) is 0 Å². The van der Waals surface area contributed by atoms with Gasteiger partial charge in [-0.15, -0.1) is 0 Å². The van der Waals surface area contributed by atoms with Crippen LogP contribution in [0.3, 0.4) is 0 Å². The van der Waals surface area contributed by atoms with Gasteiger partial charge < -0.3 is 9.80 Å². The number of rotatable bonds is 1. The minimum Gasteiger partial charge on any atom is -0.338 e. The van der Waals surface area contributed by atoms with E-state index in [0.29, 0.717) is 0 Å². The van der Waals surface area contributed by atoms with Gasteiger partial charge in [-0.2, -0.15) is 0 Å². The number of aryl methyl sites for hydroxylation is 1. The van der Waals surface area contributed by atoms with Crippen molar-refractivity contribution in [1.29, 1.82) is 0 Å². The fourth-order valence-corrected chi connectivity index (χ4v) is 1.56. The lowest BCUT2D eigenvalue weighted by Gasteiger charge is -2.32. The summed E-state index contributed by atoms with van der Waals surface area (Å²) in [6.45, 7) is 10.3. The Morgan fingerprint density at radius 2 is 1.50 bits per heavy atom. The summed E-state index contributed by atoms with van der Waals surface area (Å²) in [6, 6.07) is 0. The summed E-state index contributed by atoms with van der Waals surface area (Å²) in [5.41, 5.74) is 1.11. The number of nitrogens with zero attached hydrogens (tertiary/aromatic N) is 4. The molecule has 0 N–H and O–H groups in total. The van der Waals surface area contributed by atoms with E-state index in [1.807, 2.05) is 33.2 Å². The maximum atomic E-state index is 4.32. The van der Waals surface area contributed by atoms with Crippen molar-refractivity contribution in [2.45, 2.75) is 20.8 Å². The van der Waals surface area contributed by atoms with Crippen molar-refractivity contribution >= 4 is 5.95 Å². The monoisotopic (exact) mass is 222 g/mol. The third-order valence-corrected chi connectivity index (χ3v) is 2.55. The molecule has 1 saturated heterocycles. The molecule has 90 valence electrons. The number of piperazine rings is 1. The molecule has 0 spiro atoms. The van der Waals surface area contributed by atoms with Gasteiger partial charge in [-0.25, -0.2) is 9.97 Å². The van der Waals surface area contributed by atoms with Crippen molar-refractivity contribution in [1.82, 2.24) is 14.9 Å². The van der Waals surface area contributed by atoms with Gasteiger partial charge in [-0.3, -0.25) is 0 Å². The molecule has 0 saturated carbocycles. The second kappa shape index (κ2) is 6.43. The lowest BCUT2D eigenvalue weighted by atomic mass is 10.3. The van der Waals surface area contributed by atoms with Crippen molar-refractivity contribution in [3.8, 4) is 0 Å². The zero-order chi connectivity index (χ0) is 12.0. The van der Waals surface area contributed by atoms with Gasteiger partial charge in [0.2, 0.25) is 5.95 Å². The van der Waals surface area contributed by atoms with Crippen molar-refractivity contribution in [2.24, 2.45) is 0 Å². The van der Waals surface area contributed by atoms with Gasteiger partial charge in [-0.1, -0.05) is 13.8 Å². The van der Waals surface area contributed by atoms with Crippen LogP contribution in [0.2, 0.25) is 0 Å². The van der Waals surface area contributed by atoms with Crippen LogP contribution in [0.1, 0.15) is 19.4 Å². The van der Waals surface area contributed by atoms with Crippen LogP contribution in [0.4, 0.5) is 5.95 Å². The molecule has 0 unspecified atom stereocenters. The molecule has 1 fully saturated rings. The Bertz CT molecular complexity index is 288. The first-order valence-corrected chi connectivity index (χ1v) is 5.98. The molecular weight excluding hydrogens is 200 g/mol. The summed E-state index contributed by atoms with van der Waals surface area (Å²) in [4.78, 5) is 13.2. The Morgan fingerprint density at radius 3 is 2.00 bits per heavy atom. The summed E-state index contributed by atoms with van der Waals surface area (Å²) >= 11 is 0. The van der Waals surface area contributed by atoms with Gasteiger partial charge in [0.15, 0.2) is 0 Å². The van der Waals surface area contributed by atoms with E-state index in [1.165, 1.54) is 0 Å². The molecule has 4 nitrogen and oxygen atoms in total. The van der Waals surface area contributed by atoms with Gasteiger partial charge in [0.1, 0.15) is 0 Å². The smallest absolute Gasteiger partial charge is 0.225 e. The summed E-state index contributed by atoms with van der Waals surface area (Å²) in [6.07, 6.45) is 3.75. The molecule has 0 atom stereocenters. The van der Waals surface area contributed by atoms with Crippen molar-refractivity contribution in [3.05, 3.63) is 18.0 Å². The van der Waals surface area contributed by atoms with Crippen LogP contribution in [-0.4, -0.2) is 48.1 Å². The van der Waals surface area contributed by atoms with E-state index in [9.17, 15) is 0 Å². The Kier molecular flexibility index (Phi) is 5.19. The maximum absolute atomic E-state index is 4.32. The molecule has 0 amide bonds. The highest BCUT2D eigenvalue weighted by atomic mass is 15.3. The number of anilines is 1. The highest BCUT2D eigenvalue weighted by molar-refractivity contribution is 5.30. The number of hydrogen-bond donors (Lipinski definition) is 0. The van der Waals surface area contributed by atoms with Gasteiger partial charge >= 0.3 is 0 Å². The third-order valence-electron chi connectivity index (χ3n) is 2.55. The Balaban J connectivity index is 0.000000606. The summed E-state index contributed by atoms with van der Waals surface area (Å²) in [5, 5.41) is 0. The molecule has 1 aliphatic heterocycles. The van der Waals surface area contributed by atoms with Crippen LogP contribution in [0.15, 0.2) is 12.4 Å². The summed E-state index contributed by atoms with van der Waals surface area (Å²) < 4.78 is 0. The van der Waals surface area contributed by atoms with Gasteiger partial charge in [0.05, 0.1) is 0 Å². The molecule has 0 aliphatic carbocycles. The average Bonchev–Trinajstić information content (AvgIpc) is 2.34. The van der Waals surface area contributed by atoms with Crippen LogP contribution in [0, 0.1) is 6.92 Å². The van der Waals surface area contributed by atoms with E-state index in [4.69, 9.17) is 0 Å². The number of aromatic nitrogens is 2. The highest BCUT2D eigenvalue weighted by Crippen LogP contribution is 2.09. The molecule has 1 aromatic heterocycles. The van der Waals surface area contributed by atoms with E-state index in [-0.39, 0.29) is 0 Å². The first-order chi connectivity index (χ1) is 7.75. The normalized spacial score (nSPS) is 16.6. The maximum Gasteiger partial charge on any atom is 0.225 e. The molecular formula is C12H22N4. The van der Waals surface area contributed by atoms with E-state index in [2.05, 4.69) is 26.8 Å². The Hall–Kier alpha value is -1.16. The van der Waals surface area contributed by atoms with Crippen LogP contribution in [-0.2, 0) is 0 Å². The fraction of sp³-hybridized carbons (Fsp3) is 0.667. The minimum absolute atomic E-state index is 0.865. The first kappa shape index (κ1) is 12.9. The van der Waals surface area contributed by atoms with E-state index >= 15 is 0 Å². The van der Waals surface area contributed by atoms with Gasteiger partial charge in [0.25, 0.3) is 0 Å². The lowest BCUT2D eigenvalue weighted by Crippen LogP contribution is -2.45. The molecule has 0 bridgehead atoms. The number of hydrogen-bond acceptors (Lipinski definition) is 4. The summed E-state index contributed by atoms with van der Waals surface area (Å²) in [7, 11) is 2.15. The van der Waals surface area contributed by atoms with Crippen LogP contribution in [0.5, 0.6) is 0 Å². The largest absolute Gasteiger partial charge is 0.338 e. The van der Waals surface area contributed by atoms with E-state index < -0.39 is 0 Å². The van der Waals surface area contributed by atoms with Crippen molar-refractivity contribution < 1.29 is 0 Å². The second-order valence-corrected chi connectivity index (χ2v) is 3.85. The van der Waals surface area contributed by atoms with Crippen molar-refractivity contribution in [2.75, 3.05) is 38.1 Å². The number of likely N-dealkylation sites (N-methyl/N-ethyl adjacent to an activating group) is 1. The minimum atomic E-state index is 0.865. The SMILES string of the molecule is CC.Cc1cnc(N2CCN(C)CC2)nc1. The van der Waals surface area contributed by atoms with Crippen LogP contribution in [0.25, 0.3) is 0 Å². The topological polar surface area (TPSA) is 32.3 Å². The zero-order valence-electron chi connectivity index (χ0n) is 10.8. The quantitative estimate of drug-likeness (QED) is 0.722. The molecule has 0 radical (unpaired) electrons.